The van der Waals surface area contributed by atoms with Crippen molar-refractivity contribution in [2.75, 3.05) is 0 Å². The van der Waals surface area contributed by atoms with Gasteiger partial charge in [0.1, 0.15) is 5.75 Å². The molecule has 0 saturated heterocycles. The third-order valence-electron chi connectivity index (χ3n) is 2.01. The average Bonchev–Trinajstić information content (AvgIpc) is 2.17. The normalized spacial score (nSPS) is 10.1. The Hall–Kier alpha value is -2.23. The molecule has 0 bridgehead atoms. The van der Waals surface area contributed by atoms with Gasteiger partial charge in [0.15, 0.2) is 0 Å². The van der Waals surface area contributed by atoms with Crippen molar-refractivity contribution in [2.45, 2.75) is 0 Å². The maximum absolute atomic E-state index is 11.5. The lowest BCUT2D eigenvalue weighted by Gasteiger charge is -2.07. The van der Waals surface area contributed by atoms with Gasteiger partial charge in [0.25, 0.3) is 5.56 Å². The number of aromatic hydroxyl groups is 2. The van der Waals surface area contributed by atoms with E-state index >= 15 is 0 Å². The maximum atomic E-state index is 11.5. The standard InChI is InChI=1S/C11H9NO3/c13-9-6-10(14)12(11(15)7-9)8-4-2-1-3-5-8/h1-7,13-14H. The molecular weight excluding hydrogens is 194 g/mol. The second kappa shape index (κ2) is 3.49. The van der Waals surface area contributed by atoms with Crippen molar-refractivity contribution in [3.05, 3.63) is 52.8 Å². The zero-order valence-corrected chi connectivity index (χ0v) is 7.79. The van der Waals surface area contributed by atoms with Crippen LogP contribution in [0.3, 0.4) is 0 Å². The highest BCUT2D eigenvalue weighted by atomic mass is 16.3. The van der Waals surface area contributed by atoms with Crippen LogP contribution in [0.4, 0.5) is 0 Å². The van der Waals surface area contributed by atoms with Crippen molar-refractivity contribution < 1.29 is 10.2 Å². The molecule has 0 aliphatic carbocycles. The molecule has 0 fully saturated rings. The van der Waals surface area contributed by atoms with Crippen LogP contribution >= 0.6 is 0 Å². The van der Waals surface area contributed by atoms with Crippen molar-refractivity contribution >= 4 is 0 Å². The topological polar surface area (TPSA) is 62.5 Å². The van der Waals surface area contributed by atoms with Crippen LogP contribution in [0.2, 0.25) is 0 Å². The van der Waals surface area contributed by atoms with E-state index < -0.39 is 5.56 Å². The molecule has 0 amide bonds. The zero-order valence-electron chi connectivity index (χ0n) is 7.79. The number of hydrogen-bond donors (Lipinski definition) is 2. The Bertz CT molecular complexity index is 531. The molecule has 0 aliphatic rings. The number of aromatic nitrogens is 1. The summed E-state index contributed by atoms with van der Waals surface area (Å²) >= 11 is 0. The molecule has 4 heteroatoms. The molecule has 0 radical (unpaired) electrons. The molecule has 1 aromatic carbocycles. The second-order valence-corrected chi connectivity index (χ2v) is 3.08. The zero-order chi connectivity index (χ0) is 10.8. The van der Waals surface area contributed by atoms with Crippen molar-refractivity contribution in [3.8, 4) is 17.3 Å². The lowest BCUT2D eigenvalue weighted by molar-refractivity contribution is 0.419. The van der Waals surface area contributed by atoms with Crippen LogP contribution in [0.25, 0.3) is 5.69 Å². The monoisotopic (exact) mass is 203 g/mol. The number of rotatable bonds is 1. The molecule has 0 saturated carbocycles. The molecule has 2 aromatic rings. The number of benzene rings is 1. The fraction of sp³-hybridized carbons (Fsp3) is 0. The van der Waals surface area contributed by atoms with Gasteiger partial charge in [0.2, 0.25) is 5.88 Å². The van der Waals surface area contributed by atoms with Gasteiger partial charge < -0.3 is 10.2 Å². The van der Waals surface area contributed by atoms with Gasteiger partial charge in [-0.05, 0) is 12.1 Å². The van der Waals surface area contributed by atoms with Crippen LogP contribution in [0.5, 0.6) is 11.6 Å². The van der Waals surface area contributed by atoms with Gasteiger partial charge in [-0.25, -0.2) is 4.57 Å². The quantitative estimate of drug-likeness (QED) is 0.733. The summed E-state index contributed by atoms with van der Waals surface area (Å²) in [6.45, 7) is 0. The van der Waals surface area contributed by atoms with Crippen LogP contribution in [-0.2, 0) is 0 Å². The molecule has 2 rings (SSSR count). The van der Waals surface area contributed by atoms with Gasteiger partial charge in [0.05, 0.1) is 5.69 Å². The summed E-state index contributed by atoms with van der Waals surface area (Å²) < 4.78 is 1.11. The van der Waals surface area contributed by atoms with Crippen molar-refractivity contribution in [2.24, 2.45) is 0 Å². The summed E-state index contributed by atoms with van der Waals surface area (Å²) in [4.78, 5) is 11.5. The third-order valence-corrected chi connectivity index (χ3v) is 2.01. The van der Waals surface area contributed by atoms with Crippen LogP contribution in [0.1, 0.15) is 0 Å². The summed E-state index contributed by atoms with van der Waals surface area (Å²) in [7, 11) is 0. The number of para-hydroxylation sites is 1. The lowest BCUT2D eigenvalue weighted by Crippen LogP contribution is -2.16. The highest BCUT2D eigenvalue weighted by Crippen LogP contribution is 2.17. The first-order valence-corrected chi connectivity index (χ1v) is 4.39. The first-order chi connectivity index (χ1) is 7.18. The Morgan fingerprint density at radius 2 is 1.67 bits per heavy atom. The summed E-state index contributed by atoms with van der Waals surface area (Å²) in [6, 6.07) is 10.9. The molecule has 15 heavy (non-hydrogen) atoms. The molecule has 1 heterocycles. The number of hydrogen-bond acceptors (Lipinski definition) is 3. The van der Waals surface area contributed by atoms with E-state index in [0.717, 1.165) is 16.7 Å². The smallest absolute Gasteiger partial charge is 0.261 e. The van der Waals surface area contributed by atoms with Gasteiger partial charge in [-0.15, -0.1) is 0 Å². The fourth-order valence-corrected chi connectivity index (χ4v) is 1.38. The Morgan fingerprint density at radius 3 is 2.27 bits per heavy atom. The molecule has 4 nitrogen and oxygen atoms in total. The minimum atomic E-state index is -0.473. The van der Waals surface area contributed by atoms with Crippen molar-refractivity contribution in [1.82, 2.24) is 4.57 Å². The Kier molecular flexibility index (Phi) is 2.17. The minimum Gasteiger partial charge on any atom is -0.508 e. The second-order valence-electron chi connectivity index (χ2n) is 3.08. The van der Waals surface area contributed by atoms with Gasteiger partial charge in [-0.3, -0.25) is 4.79 Å². The molecule has 0 aliphatic heterocycles. The highest BCUT2D eigenvalue weighted by molar-refractivity contribution is 5.38. The minimum absolute atomic E-state index is 0.246. The van der Waals surface area contributed by atoms with E-state index in [9.17, 15) is 9.90 Å². The van der Waals surface area contributed by atoms with Gasteiger partial charge in [0, 0.05) is 12.1 Å². The summed E-state index contributed by atoms with van der Waals surface area (Å²) in [5, 5.41) is 18.6. The number of nitrogens with zero attached hydrogens (tertiary/aromatic N) is 1. The Labute approximate surface area is 85.7 Å². The summed E-state index contributed by atoms with van der Waals surface area (Å²) in [5.41, 5.74) is 0.0821. The summed E-state index contributed by atoms with van der Waals surface area (Å²) in [6.07, 6.45) is 0. The third kappa shape index (κ3) is 1.69. The van der Waals surface area contributed by atoms with Crippen LogP contribution in [0, 0.1) is 0 Å². The van der Waals surface area contributed by atoms with Gasteiger partial charge in [-0.2, -0.15) is 0 Å². The SMILES string of the molecule is O=c1cc(O)cc(O)n1-c1ccccc1. The van der Waals surface area contributed by atoms with Crippen molar-refractivity contribution in [1.29, 1.82) is 0 Å². The Morgan fingerprint density at radius 1 is 1.00 bits per heavy atom. The average molecular weight is 203 g/mol. The molecule has 0 spiro atoms. The van der Waals surface area contributed by atoms with E-state index in [1.165, 1.54) is 0 Å². The fourth-order valence-electron chi connectivity index (χ4n) is 1.38. The lowest BCUT2D eigenvalue weighted by atomic mass is 10.3. The largest absolute Gasteiger partial charge is 0.508 e. The molecule has 0 unspecified atom stereocenters. The van der Waals surface area contributed by atoms with Crippen molar-refractivity contribution in [3.63, 3.8) is 0 Å². The van der Waals surface area contributed by atoms with Gasteiger partial charge >= 0.3 is 0 Å². The van der Waals surface area contributed by atoms with Crippen LogP contribution < -0.4 is 5.56 Å². The maximum Gasteiger partial charge on any atom is 0.261 e. The van der Waals surface area contributed by atoms with E-state index in [4.69, 9.17) is 5.11 Å². The molecule has 2 N–H and O–H groups in total. The van der Waals surface area contributed by atoms with Crippen LogP contribution in [-0.4, -0.2) is 14.8 Å². The molecule has 0 atom stereocenters. The van der Waals surface area contributed by atoms with E-state index in [2.05, 4.69) is 0 Å². The summed E-state index contributed by atoms with van der Waals surface area (Å²) in [5.74, 6) is -0.532. The predicted octanol–water partition coefficient (Wildman–Crippen LogP) is 1.25. The van der Waals surface area contributed by atoms with E-state index in [1.807, 2.05) is 6.07 Å². The van der Waals surface area contributed by atoms with E-state index in [1.54, 1.807) is 24.3 Å². The molecule has 1 aromatic heterocycles. The number of pyridine rings is 1. The van der Waals surface area contributed by atoms with Gasteiger partial charge in [-0.1, -0.05) is 18.2 Å². The predicted molar refractivity (Wildman–Crippen MR) is 55.4 cm³/mol. The van der Waals surface area contributed by atoms with Crippen LogP contribution in [0.15, 0.2) is 47.3 Å². The molecule has 76 valence electrons. The first-order valence-electron chi connectivity index (χ1n) is 4.39. The molecular formula is C11H9NO3. The highest BCUT2D eigenvalue weighted by Gasteiger charge is 2.06. The first kappa shape index (κ1) is 9.33. The van der Waals surface area contributed by atoms with E-state index in [0.29, 0.717) is 5.69 Å². The Balaban J connectivity index is 2.69. The van der Waals surface area contributed by atoms with E-state index in [-0.39, 0.29) is 11.6 Å².